The van der Waals surface area contributed by atoms with Gasteiger partial charge in [-0.1, -0.05) is 6.92 Å². The highest BCUT2D eigenvalue weighted by atomic mass is 32.1. The Morgan fingerprint density at radius 3 is 3.00 bits per heavy atom. The molecule has 0 aliphatic heterocycles. The van der Waals surface area contributed by atoms with Gasteiger partial charge in [0.1, 0.15) is 5.00 Å². The summed E-state index contributed by atoms with van der Waals surface area (Å²) < 4.78 is 1.93. The predicted molar refractivity (Wildman–Crippen MR) is 66.6 cm³/mol. The molecule has 0 fully saturated rings. The molecule has 0 spiro atoms. The summed E-state index contributed by atoms with van der Waals surface area (Å²) in [6, 6.07) is 3.99. The average Bonchev–Trinajstić information content (AvgIpc) is 2.95. The Labute approximate surface area is 104 Å². The third-order valence-corrected chi connectivity index (χ3v) is 3.82. The van der Waals surface area contributed by atoms with E-state index in [-0.39, 0.29) is 5.92 Å². The lowest BCUT2D eigenvalue weighted by Gasteiger charge is -2.06. The second-order valence-electron chi connectivity index (χ2n) is 3.86. The van der Waals surface area contributed by atoms with Crippen LogP contribution >= 0.6 is 11.3 Å². The predicted octanol–water partition coefficient (Wildman–Crippen LogP) is 2.59. The lowest BCUT2D eigenvalue weighted by Crippen LogP contribution is -2.14. The molecule has 0 saturated heterocycles. The van der Waals surface area contributed by atoms with Gasteiger partial charge >= 0.3 is 5.97 Å². The first-order chi connectivity index (χ1) is 8.20. The van der Waals surface area contributed by atoms with Crippen molar-refractivity contribution < 1.29 is 9.90 Å². The summed E-state index contributed by atoms with van der Waals surface area (Å²) in [5.74, 6) is -1.01. The van der Waals surface area contributed by atoms with Crippen LogP contribution in [0.15, 0.2) is 30.9 Å². The Kier molecular flexibility index (Phi) is 3.58. The lowest BCUT2D eigenvalue weighted by molar-refractivity contribution is -0.141. The van der Waals surface area contributed by atoms with Crippen LogP contribution in [0.2, 0.25) is 0 Å². The maximum atomic E-state index is 11.0. The number of imidazole rings is 1. The quantitative estimate of drug-likeness (QED) is 0.887. The monoisotopic (exact) mass is 250 g/mol. The molecule has 2 heterocycles. The molecule has 0 aromatic carbocycles. The van der Waals surface area contributed by atoms with E-state index in [4.69, 9.17) is 5.11 Å². The molecule has 2 aromatic heterocycles. The largest absolute Gasteiger partial charge is 0.481 e. The topological polar surface area (TPSA) is 55.1 Å². The van der Waals surface area contributed by atoms with Crippen LogP contribution in [-0.4, -0.2) is 20.6 Å². The molecule has 5 heteroatoms. The van der Waals surface area contributed by atoms with Crippen molar-refractivity contribution in [1.29, 1.82) is 0 Å². The van der Waals surface area contributed by atoms with E-state index >= 15 is 0 Å². The third kappa shape index (κ3) is 2.74. The first-order valence-corrected chi connectivity index (χ1v) is 6.32. The van der Waals surface area contributed by atoms with Crippen molar-refractivity contribution in [2.24, 2.45) is 5.92 Å². The fraction of sp³-hybridized carbons (Fsp3) is 0.333. The summed E-state index contributed by atoms with van der Waals surface area (Å²) >= 11 is 1.61. The standard InChI is InChI=1S/C12H14N2O2S/c1-2-9(12(15)16)7-10-3-4-11(17-10)14-6-5-13-8-14/h3-6,8-9H,2,7H2,1H3,(H,15,16). The van der Waals surface area contributed by atoms with Gasteiger partial charge in [-0.05, 0) is 25.0 Å². The molecule has 17 heavy (non-hydrogen) atoms. The van der Waals surface area contributed by atoms with Crippen LogP contribution in [0.1, 0.15) is 18.2 Å². The highest BCUT2D eigenvalue weighted by molar-refractivity contribution is 7.14. The number of carbonyl (C=O) groups is 1. The number of thiophene rings is 1. The summed E-state index contributed by atoms with van der Waals surface area (Å²) in [5.41, 5.74) is 0. The molecular weight excluding hydrogens is 236 g/mol. The first kappa shape index (κ1) is 11.9. The number of aliphatic carboxylic acids is 1. The summed E-state index contributed by atoms with van der Waals surface area (Å²) in [5, 5.41) is 10.1. The van der Waals surface area contributed by atoms with E-state index in [9.17, 15) is 4.79 Å². The number of nitrogens with zero attached hydrogens (tertiary/aromatic N) is 2. The Hall–Kier alpha value is -1.62. The minimum absolute atomic E-state index is 0.288. The van der Waals surface area contributed by atoms with Crippen molar-refractivity contribution in [3.05, 3.63) is 35.7 Å². The van der Waals surface area contributed by atoms with E-state index in [0.29, 0.717) is 12.8 Å². The smallest absolute Gasteiger partial charge is 0.306 e. The molecule has 90 valence electrons. The maximum Gasteiger partial charge on any atom is 0.306 e. The number of carboxylic acids is 1. The zero-order valence-corrected chi connectivity index (χ0v) is 10.4. The van der Waals surface area contributed by atoms with Gasteiger partial charge in [-0.25, -0.2) is 4.98 Å². The van der Waals surface area contributed by atoms with Gasteiger partial charge < -0.3 is 5.11 Å². The van der Waals surface area contributed by atoms with Crippen molar-refractivity contribution in [2.45, 2.75) is 19.8 Å². The van der Waals surface area contributed by atoms with Crippen LogP contribution in [0.5, 0.6) is 0 Å². The van der Waals surface area contributed by atoms with Crippen molar-refractivity contribution in [1.82, 2.24) is 9.55 Å². The average molecular weight is 250 g/mol. The molecule has 0 amide bonds. The van der Waals surface area contributed by atoms with Crippen molar-refractivity contribution in [3.63, 3.8) is 0 Å². The Morgan fingerprint density at radius 1 is 1.59 bits per heavy atom. The number of aromatic nitrogens is 2. The summed E-state index contributed by atoms with van der Waals surface area (Å²) in [6.07, 6.45) is 6.61. The van der Waals surface area contributed by atoms with Gasteiger partial charge in [0.15, 0.2) is 0 Å². The highest BCUT2D eigenvalue weighted by Crippen LogP contribution is 2.24. The number of hydrogen-bond donors (Lipinski definition) is 1. The van der Waals surface area contributed by atoms with Crippen molar-refractivity contribution >= 4 is 17.3 Å². The lowest BCUT2D eigenvalue weighted by atomic mass is 10.0. The Balaban J connectivity index is 2.11. The second-order valence-corrected chi connectivity index (χ2v) is 5.00. The molecule has 1 unspecified atom stereocenters. The number of hydrogen-bond acceptors (Lipinski definition) is 3. The highest BCUT2D eigenvalue weighted by Gasteiger charge is 2.16. The third-order valence-electron chi connectivity index (χ3n) is 2.70. The maximum absolute atomic E-state index is 11.0. The second kappa shape index (κ2) is 5.14. The van der Waals surface area contributed by atoms with E-state index in [1.165, 1.54) is 0 Å². The van der Waals surface area contributed by atoms with E-state index in [2.05, 4.69) is 4.98 Å². The van der Waals surface area contributed by atoms with E-state index in [1.54, 1.807) is 23.9 Å². The van der Waals surface area contributed by atoms with Gasteiger partial charge in [-0.2, -0.15) is 0 Å². The van der Waals surface area contributed by atoms with Crippen LogP contribution in [0.3, 0.4) is 0 Å². The molecule has 1 atom stereocenters. The first-order valence-electron chi connectivity index (χ1n) is 5.50. The Morgan fingerprint density at radius 2 is 2.41 bits per heavy atom. The molecule has 0 radical (unpaired) electrons. The number of carboxylic acid groups (broad SMARTS) is 1. The fourth-order valence-electron chi connectivity index (χ4n) is 1.65. The van der Waals surface area contributed by atoms with Gasteiger partial charge in [-0.3, -0.25) is 9.36 Å². The normalized spacial score (nSPS) is 12.5. The fourth-order valence-corrected chi connectivity index (χ4v) is 2.69. The molecule has 2 rings (SSSR count). The van der Waals surface area contributed by atoms with Crippen LogP contribution in [0, 0.1) is 5.92 Å². The SMILES string of the molecule is CCC(Cc1ccc(-n2ccnc2)s1)C(=O)O. The molecule has 0 aliphatic carbocycles. The summed E-state index contributed by atoms with van der Waals surface area (Å²) in [6.45, 7) is 1.91. The zero-order chi connectivity index (χ0) is 12.3. The zero-order valence-electron chi connectivity index (χ0n) is 9.54. The van der Waals surface area contributed by atoms with Gasteiger partial charge in [0.05, 0.1) is 12.2 Å². The van der Waals surface area contributed by atoms with Crippen LogP contribution in [0.25, 0.3) is 5.00 Å². The van der Waals surface area contributed by atoms with Gasteiger partial charge in [0.25, 0.3) is 0 Å². The molecule has 0 saturated carbocycles. The Bertz CT molecular complexity index is 490. The van der Waals surface area contributed by atoms with Crippen LogP contribution in [-0.2, 0) is 11.2 Å². The van der Waals surface area contributed by atoms with Crippen LogP contribution < -0.4 is 0 Å². The van der Waals surface area contributed by atoms with E-state index in [1.807, 2.05) is 29.8 Å². The minimum atomic E-state index is -0.718. The molecule has 1 N–H and O–H groups in total. The number of rotatable bonds is 5. The molecule has 0 bridgehead atoms. The van der Waals surface area contributed by atoms with E-state index < -0.39 is 5.97 Å². The van der Waals surface area contributed by atoms with Gasteiger partial charge in [0.2, 0.25) is 0 Å². The van der Waals surface area contributed by atoms with Crippen molar-refractivity contribution in [3.8, 4) is 5.00 Å². The summed E-state index contributed by atoms with van der Waals surface area (Å²) in [7, 11) is 0. The van der Waals surface area contributed by atoms with Gasteiger partial charge in [0, 0.05) is 17.3 Å². The molecule has 0 aliphatic rings. The molecular formula is C12H14N2O2S. The van der Waals surface area contributed by atoms with Crippen LogP contribution in [0.4, 0.5) is 0 Å². The van der Waals surface area contributed by atoms with E-state index in [0.717, 1.165) is 9.88 Å². The molecule has 4 nitrogen and oxygen atoms in total. The van der Waals surface area contributed by atoms with Crippen molar-refractivity contribution in [2.75, 3.05) is 0 Å². The van der Waals surface area contributed by atoms with Gasteiger partial charge in [-0.15, -0.1) is 11.3 Å². The summed E-state index contributed by atoms with van der Waals surface area (Å²) in [4.78, 5) is 16.0. The minimum Gasteiger partial charge on any atom is -0.481 e. The molecule has 2 aromatic rings.